The Balaban J connectivity index is 0.000000222. The van der Waals surface area contributed by atoms with Gasteiger partial charge in [-0.25, -0.2) is 0 Å². The van der Waals surface area contributed by atoms with Crippen LogP contribution in [0.4, 0.5) is 11.4 Å². The van der Waals surface area contributed by atoms with Crippen LogP contribution in [0.5, 0.6) is 11.5 Å². The lowest BCUT2D eigenvalue weighted by Crippen LogP contribution is -2.31. The van der Waals surface area contributed by atoms with Crippen LogP contribution in [0.2, 0.25) is 0 Å². The van der Waals surface area contributed by atoms with E-state index in [-0.39, 0.29) is 5.78 Å². The fourth-order valence-electron chi connectivity index (χ4n) is 4.26. The van der Waals surface area contributed by atoms with E-state index < -0.39 is 0 Å². The summed E-state index contributed by atoms with van der Waals surface area (Å²) in [6.07, 6.45) is 0. The molecule has 0 radical (unpaired) electrons. The van der Waals surface area contributed by atoms with E-state index in [2.05, 4.69) is 68.1 Å². The summed E-state index contributed by atoms with van der Waals surface area (Å²) in [5, 5.41) is 8.81. The zero-order valence-corrected chi connectivity index (χ0v) is 25.2. The van der Waals surface area contributed by atoms with E-state index in [0.717, 1.165) is 23.5 Å². The van der Waals surface area contributed by atoms with Gasteiger partial charge in [-0.05, 0) is 131 Å². The molecule has 0 bridgehead atoms. The maximum atomic E-state index is 9.44. The van der Waals surface area contributed by atoms with Crippen LogP contribution in [-0.4, -0.2) is 17.6 Å². The van der Waals surface area contributed by atoms with Gasteiger partial charge in [-0.1, -0.05) is 36.4 Å². The van der Waals surface area contributed by atoms with Crippen LogP contribution >= 0.6 is 0 Å². The number of phenolic OH excluding ortho intramolecular Hbond substituents is 1. The summed E-state index contributed by atoms with van der Waals surface area (Å²) in [5.74, 6) is 1.53. The first-order chi connectivity index (χ1) is 18.8. The number of hydrogen-bond donors (Lipinski definition) is 2. The Morgan fingerprint density at radius 2 is 1.25 bits per heavy atom. The van der Waals surface area contributed by atoms with Gasteiger partial charge < -0.3 is 25.3 Å². The van der Waals surface area contributed by atoms with E-state index in [1.807, 2.05) is 45.0 Å². The SMILES string of the molecule is CC(C)=O.Cc1cc(C)cc(N)c1.Cc1cc(C)cc(N2COc3cc(C)ccc3C2)c1.Cc1cccc(O)c1. The van der Waals surface area contributed by atoms with Crippen LogP contribution < -0.4 is 15.4 Å². The van der Waals surface area contributed by atoms with Gasteiger partial charge in [0, 0.05) is 23.5 Å². The van der Waals surface area contributed by atoms with Gasteiger partial charge in [0.15, 0.2) is 6.73 Å². The topological polar surface area (TPSA) is 75.8 Å². The molecule has 5 heteroatoms. The Morgan fingerprint density at radius 3 is 1.73 bits per heavy atom. The summed E-state index contributed by atoms with van der Waals surface area (Å²) in [6.45, 7) is 17.0. The summed E-state index contributed by atoms with van der Waals surface area (Å²) in [6, 6.07) is 26.3. The number of nitrogen functional groups attached to an aromatic ring is 1. The molecule has 40 heavy (non-hydrogen) atoms. The van der Waals surface area contributed by atoms with Crippen LogP contribution in [0.1, 0.15) is 52.8 Å². The van der Waals surface area contributed by atoms with Crippen LogP contribution in [0, 0.1) is 41.5 Å². The van der Waals surface area contributed by atoms with Gasteiger partial charge >= 0.3 is 0 Å². The zero-order chi connectivity index (χ0) is 29.8. The molecule has 0 fully saturated rings. The number of hydrogen-bond acceptors (Lipinski definition) is 5. The predicted molar refractivity (Wildman–Crippen MR) is 168 cm³/mol. The molecule has 1 heterocycles. The number of benzene rings is 4. The standard InChI is InChI=1S/C17H19NO.C8H11N.C7H8O.C3H6O/c1-12-4-5-15-10-18(11-19-17(15)9-12)16-7-13(2)6-14(3)8-16;1-6-3-7(2)5-8(9)4-6;1-6-3-2-4-7(8)5-6;1-3(2)4/h4-9H,10-11H2,1-3H3;3-5H,9H2,1-2H3;2-5,8H,1H3;1-2H3. The lowest BCUT2D eigenvalue weighted by atomic mass is 10.1. The number of anilines is 2. The molecular weight excluding hydrogens is 496 g/mol. The number of ether oxygens (including phenoxy) is 1. The quantitative estimate of drug-likeness (QED) is 0.238. The maximum Gasteiger partial charge on any atom is 0.161 e. The molecule has 4 aromatic carbocycles. The molecule has 0 spiro atoms. The van der Waals surface area contributed by atoms with E-state index >= 15 is 0 Å². The molecule has 212 valence electrons. The highest BCUT2D eigenvalue weighted by molar-refractivity contribution is 5.72. The first-order valence-corrected chi connectivity index (χ1v) is 13.4. The number of rotatable bonds is 1. The monoisotopic (exact) mass is 540 g/mol. The van der Waals surface area contributed by atoms with Crippen molar-refractivity contribution >= 4 is 17.2 Å². The number of Topliss-reactive ketones (excluding diaryl/α,β-unsaturated/α-hetero) is 1. The second kappa shape index (κ2) is 15.4. The highest BCUT2D eigenvalue weighted by atomic mass is 16.5. The second-order valence-electron chi connectivity index (χ2n) is 10.6. The van der Waals surface area contributed by atoms with Gasteiger partial charge in [0.2, 0.25) is 0 Å². The summed E-state index contributed by atoms with van der Waals surface area (Å²) in [4.78, 5) is 11.7. The summed E-state index contributed by atoms with van der Waals surface area (Å²) < 4.78 is 5.88. The van der Waals surface area contributed by atoms with Gasteiger partial charge in [0.1, 0.15) is 17.3 Å². The third kappa shape index (κ3) is 11.6. The van der Waals surface area contributed by atoms with Crippen molar-refractivity contribution in [1.82, 2.24) is 0 Å². The highest BCUT2D eigenvalue weighted by Crippen LogP contribution is 2.30. The molecule has 0 aliphatic carbocycles. The Bertz CT molecular complexity index is 1320. The van der Waals surface area contributed by atoms with Gasteiger partial charge in [0.05, 0.1) is 0 Å². The van der Waals surface area contributed by atoms with Gasteiger partial charge in [0.25, 0.3) is 0 Å². The van der Waals surface area contributed by atoms with Crippen molar-refractivity contribution < 1.29 is 14.6 Å². The maximum absolute atomic E-state index is 9.44. The Kier molecular flexibility index (Phi) is 12.3. The number of nitrogens with zero attached hydrogens (tertiary/aromatic N) is 1. The third-order valence-electron chi connectivity index (χ3n) is 5.78. The van der Waals surface area contributed by atoms with E-state index in [0.29, 0.717) is 12.5 Å². The van der Waals surface area contributed by atoms with E-state index in [1.54, 1.807) is 12.1 Å². The van der Waals surface area contributed by atoms with Crippen molar-refractivity contribution in [1.29, 1.82) is 0 Å². The van der Waals surface area contributed by atoms with Gasteiger partial charge in [-0.3, -0.25) is 0 Å². The molecule has 0 atom stereocenters. The zero-order valence-electron chi connectivity index (χ0n) is 25.2. The van der Waals surface area contributed by atoms with E-state index in [4.69, 9.17) is 15.6 Å². The predicted octanol–water partition coefficient (Wildman–Crippen LogP) is 8.15. The number of carbonyl (C=O) groups excluding carboxylic acids is 1. The third-order valence-corrected chi connectivity index (χ3v) is 5.78. The normalized spacial score (nSPS) is 11.2. The Morgan fingerprint density at radius 1 is 0.725 bits per heavy atom. The summed E-state index contributed by atoms with van der Waals surface area (Å²) >= 11 is 0. The minimum Gasteiger partial charge on any atom is -0.508 e. The van der Waals surface area contributed by atoms with E-state index in [1.165, 1.54) is 52.9 Å². The molecule has 3 N–H and O–H groups in total. The summed E-state index contributed by atoms with van der Waals surface area (Å²) in [5.41, 5.74) is 16.3. The minimum absolute atomic E-state index is 0.167. The molecule has 5 nitrogen and oxygen atoms in total. The van der Waals surface area contributed by atoms with Crippen LogP contribution in [0.3, 0.4) is 0 Å². The molecule has 0 amide bonds. The van der Waals surface area contributed by atoms with Crippen molar-refractivity contribution in [3.8, 4) is 11.5 Å². The van der Waals surface area contributed by atoms with Crippen LogP contribution in [0.25, 0.3) is 0 Å². The number of aromatic hydroxyl groups is 1. The van der Waals surface area contributed by atoms with Crippen LogP contribution in [-0.2, 0) is 11.3 Å². The largest absolute Gasteiger partial charge is 0.508 e. The first-order valence-electron chi connectivity index (χ1n) is 13.4. The number of nitrogens with two attached hydrogens (primary N) is 1. The molecule has 1 aliphatic rings. The Labute approximate surface area is 240 Å². The molecule has 0 unspecified atom stereocenters. The fourth-order valence-corrected chi connectivity index (χ4v) is 4.26. The number of aryl methyl sites for hydroxylation is 6. The van der Waals surface area contributed by atoms with Crippen molar-refractivity contribution in [2.45, 2.75) is 61.9 Å². The molecule has 5 rings (SSSR count). The lowest BCUT2D eigenvalue weighted by Gasteiger charge is -2.31. The molecule has 4 aromatic rings. The molecule has 0 saturated heterocycles. The second-order valence-corrected chi connectivity index (χ2v) is 10.6. The molecule has 1 aliphatic heterocycles. The van der Waals surface area contributed by atoms with Crippen LogP contribution in [0.15, 0.2) is 78.9 Å². The van der Waals surface area contributed by atoms with Crippen molar-refractivity contribution in [2.24, 2.45) is 0 Å². The highest BCUT2D eigenvalue weighted by Gasteiger charge is 2.17. The molecule has 0 aromatic heterocycles. The average Bonchev–Trinajstić information content (AvgIpc) is 2.82. The minimum atomic E-state index is 0.167. The summed E-state index contributed by atoms with van der Waals surface area (Å²) in [7, 11) is 0. The number of phenols is 1. The average molecular weight is 541 g/mol. The molecule has 0 saturated carbocycles. The van der Waals surface area contributed by atoms with Crippen molar-refractivity contribution in [3.63, 3.8) is 0 Å². The van der Waals surface area contributed by atoms with Crippen molar-refractivity contribution in [2.75, 3.05) is 17.4 Å². The first kappa shape index (κ1) is 32.0. The lowest BCUT2D eigenvalue weighted by molar-refractivity contribution is -0.115. The fraction of sp³-hybridized carbons (Fsp3) is 0.286. The number of fused-ring (bicyclic) bond motifs is 1. The number of carbonyl (C=O) groups is 1. The number of ketones is 1. The molecular formula is C35H44N2O3. The van der Waals surface area contributed by atoms with Gasteiger partial charge in [-0.2, -0.15) is 0 Å². The van der Waals surface area contributed by atoms with E-state index in [9.17, 15) is 4.79 Å². The van der Waals surface area contributed by atoms with Gasteiger partial charge in [-0.15, -0.1) is 0 Å². The Hall–Kier alpha value is -4.25. The van der Waals surface area contributed by atoms with Crippen molar-refractivity contribution in [3.05, 3.63) is 118 Å². The smallest absolute Gasteiger partial charge is 0.161 e.